The molecule has 1 N–H and O–H groups in total. The van der Waals surface area contributed by atoms with Crippen LogP contribution in [-0.2, 0) is 9.53 Å². The standard InChI is InChI=1S/C18H18ClNO4/c1-11-8-12(2)17(14(19)9-11)20-16(21)10-24-15-7-5-4-6-13(15)18(22)23-3/h4-9H,10H2,1-3H3,(H,20,21). The fourth-order valence-corrected chi connectivity index (χ4v) is 2.63. The van der Waals surface area contributed by atoms with Crippen LogP contribution >= 0.6 is 11.6 Å². The first-order valence-electron chi connectivity index (χ1n) is 7.29. The van der Waals surface area contributed by atoms with Gasteiger partial charge in [0.2, 0.25) is 0 Å². The van der Waals surface area contributed by atoms with Crippen LogP contribution in [-0.4, -0.2) is 25.6 Å². The number of anilines is 1. The number of amides is 1. The van der Waals surface area contributed by atoms with Gasteiger partial charge in [0.25, 0.3) is 5.91 Å². The van der Waals surface area contributed by atoms with Crippen molar-refractivity contribution in [2.24, 2.45) is 0 Å². The molecule has 0 spiro atoms. The second-order valence-corrected chi connectivity index (χ2v) is 5.67. The van der Waals surface area contributed by atoms with Crippen LogP contribution in [0.5, 0.6) is 5.75 Å². The maximum Gasteiger partial charge on any atom is 0.341 e. The quantitative estimate of drug-likeness (QED) is 0.836. The van der Waals surface area contributed by atoms with E-state index in [2.05, 4.69) is 10.1 Å². The van der Waals surface area contributed by atoms with Gasteiger partial charge >= 0.3 is 5.97 Å². The molecular formula is C18H18ClNO4. The number of ether oxygens (including phenoxy) is 2. The van der Waals surface area contributed by atoms with Crippen LogP contribution in [0.15, 0.2) is 36.4 Å². The Morgan fingerprint density at radius 3 is 2.54 bits per heavy atom. The fraction of sp³-hybridized carbons (Fsp3) is 0.222. The lowest BCUT2D eigenvalue weighted by atomic mass is 10.1. The first kappa shape index (κ1) is 17.8. The summed E-state index contributed by atoms with van der Waals surface area (Å²) in [6, 6.07) is 10.3. The average Bonchev–Trinajstić information content (AvgIpc) is 2.55. The summed E-state index contributed by atoms with van der Waals surface area (Å²) in [5.74, 6) is -0.613. The number of hydrogen-bond donors (Lipinski definition) is 1. The molecule has 0 heterocycles. The molecule has 0 aliphatic rings. The van der Waals surface area contributed by atoms with E-state index in [0.29, 0.717) is 10.7 Å². The molecule has 126 valence electrons. The van der Waals surface area contributed by atoms with Crippen LogP contribution in [0, 0.1) is 13.8 Å². The molecule has 5 nitrogen and oxygen atoms in total. The Morgan fingerprint density at radius 2 is 1.88 bits per heavy atom. The monoisotopic (exact) mass is 347 g/mol. The molecule has 6 heteroatoms. The highest BCUT2D eigenvalue weighted by Gasteiger charge is 2.14. The molecule has 0 aromatic heterocycles. The molecular weight excluding hydrogens is 330 g/mol. The number of nitrogens with one attached hydrogen (secondary N) is 1. The minimum atomic E-state index is -0.525. The van der Waals surface area contributed by atoms with E-state index < -0.39 is 5.97 Å². The molecule has 0 bridgehead atoms. The minimum absolute atomic E-state index is 0.252. The third-order valence-corrected chi connectivity index (χ3v) is 3.65. The number of carbonyl (C=O) groups excluding carboxylic acids is 2. The Hall–Kier alpha value is -2.53. The van der Waals surface area contributed by atoms with Crippen molar-refractivity contribution in [3.8, 4) is 5.75 Å². The molecule has 0 radical (unpaired) electrons. The zero-order valence-corrected chi connectivity index (χ0v) is 14.4. The van der Waals surface area contributed by atoms with Gasteiger partial charge in [-0.15, -0.1) is 0 Å². The van der Waals surface area contributed by atoms with Crippen molar-refractivity contribution in [3.63, 3.8) is 0 Å². The van der Waals surface area contributed by atoms with Gasteiger partial charge in [-0.1, -0.05) is 29.8 Å². The molecule has 0 saturated heterocycles. The predicted molar refractivity (Wildman–Crippen MR) is 92.8 cm³/mol. The highest BCUT2D eigenvalue weighted by Crippen LogP contribution is 2.27. The first-order valence-corrected chi connectivity index (χ1v) is 7.67. The van der Waals surface area contributed by atoms with Crippen molar-refractivity contribution in [2.45, 2.75) is 13.8 Å². The van der Waals surface area contributed by atoms with Crippen molar-refractivity contribution >= 4 is 29.2 Å². The molecule has 0 aliphatic heterocycles. The first-order chi connectivity index (χ1) is 11.4. The molecule has 0 unspecified atom stereocenters. The number of rotatable bonds is 5. The Labute approximate surface area is 145 Å². The molecule has 0 atom stereocenters. The maximum absolute atomic E-state index is 12.1. The van der Waals surface area contributed by atoms with Crippen LogP contribution in [0.1, 0.15) is 21.5 Å². The van der Waals surface area contributed by atoms with Crippen molar-refractivity contribution in [2.75, 3.05) is 19.0 Å². The summed E-state index contributed by atoms with van der Waals surface area (Å²) in [5.41, 5.74) is 2.69. The fourth-order valence-electron chi connectivity index (χ4n) is 2.26. The summed E-state index contributed by atoms with van der Waals surface area (Å²) < 4.78 is 10.1. The smallest absolute Gasteiger partial charge is 0.341 e. The highest BCUT2D eigenvalue weighted by atomic mass is 35.5. The molecule has 2 aromatic rings. The van der Waals surface area contributed by atoms with Crippen LogP contribution in [0.4, 0.5) is 5.69 Å². The van der Waals surface area contributed by atoms with E-state index in [1.54, 1.807) is 30.3 Å². The number of carbonyl (C=O) groups is 2. The van der Waals surface area contributed by atoms with Gasteiger partial charge < -0.3 is 14.8 Å². The van der Waals surface area contributed by atoms with Gasteiger partial charge in [-0.3, -0.25) is 4.79 Å². The van der Waals surface area contributed by atoms with E-state index in [1.807, 2.05) is 19.9 Å². The predicted octanol–water partition coefficient (Wildman–Crippen LogP) is 3.76. The molecule has 0 saturated carbocycles. The summed E-state index contributed by atoms with van der Waals surface area (Å²) in [6.07, 6.45) is 0. The lowest BCUT2D eigenvalue weighted by Crippen LogP contribution is -2.21. The van der Waals surface area contributed by atoms with Gasteiger partial charge in [0.15, 0.2) is 6.61 Å². The Bertz CT molecular complexity index is 750. The Balaban J connectivity index is 2.06. The van der Waals surface area contributed by atoms with E-state index in [0.717, 1.165) is 11.1 Å². The number of benzene rings is 2. The average molecular weight is 348 g/mol. The van der Waals surface area contributed by atoms with Crippen molar-refractivity contribution in [3.05, 3.63) is 58.1 Å². The third-order valence-electron chi connectivity index (χ3n) is 3.35. The molecule has 24 heavy (non-hydrogen) atoms. The summed E-state index contributed by atoms with van der Waals surface area (Å²) in [4.78, 5) is 23.8. The third kappa shape index (κ3) is 4.26. The lowest BCUT2D eigenvalue weighted by Gasteiger charge is -2.13. The minimum Gasteiger partial charge on any atom is -0.483 e. The van der Waals surface area contributed by atoms with E-state index in [9.17, 15) is 9.59 Å². The van der Waals surface area contributed by atoms with Crippen molar-refractivity contribution < 1.29 is 19.1 Å². The van der Waals surface area contributed by atoms with Crippen LogP contribution < -0.4 is 10.1 Å². The second kappa shape index (κ2) is 7.84. The maximum atomic E-state index is 12.1. The topological polar surface area (TPSA) is 64.6 Å². The normalized spacial score (nSPS) is 10.2. The van der Waals surface area contributed by atoms with Crippen LogP contribution in [0.25, 0.3) is 0 Å². The molecule has 1 amide bonds. The summed E-state index contributed by atoms with van der Waals surface area (Å²) in [7, 11) is 1.29. The van der Waals surface area contributed by atoms with E-state index in [4.69, 9.17) is 16.3 Å². The Kier molecular flexibility index (Phi) is 5.82. The lowest BCUT2D eigenvalue weighted by molar-refractivity contribution is -0.118. The van der Waals surface area contributed by atoms with Crippen LogP contribution in [0.2, 0.25) is 5.02 Å². The molecule has 0 fully saturated rings. The number of para-hydroxylation sites is 1. The van der Waals surface area contributed by atoms with Gasteiger partial charge in [0.1, 0.15) is 11.3 Å². The van der Waals surface area contributed by atoms with Gasteiger partial charge in [-0.2, -0.15) is 0 Å². The number of halogens is 1. The van der Waals surface area contributed by atoms with E-state index >= 15 is 0 Å². The molecule has 0 aliphatic carbocycles. The van der Waals surface area contributed by atoms with Crippen molar-refractivity contribution in [1.82, 2.24) is 0 Å². The van der Waals surface area contributed by atoms with E-state index in [1.165, 1.54) is 7.11 Å². The summed E-state index contributed by atoms with van der Waals surface area (Å²) >= 11 is 6.16. The van der Waals surface area contributed by atoms with E-state index in [-0.39, 0.29) is 23.8 Å². The number of hydrogen-bond acceptors (Lipinski definition) is 4. The number of methoxy groups -OCH3 is 1. The largest absolute Gasteiger partial charge is 0.483 e. The van der Waals surface area contributed by atoms with Gasteiger partial charge in [0.05, 0.1) is 17.8 Å². The Morgan fingerprint density at radius 1 is 1.17 bits per heavy atom. The zero-order chi connectivity index (χ0) is 17.7. The molecule has 2 rings (SSSR count). The number of esters is 1. The SMILES string of the molecule is COC(=O)c1ccccc1OCC(=O)Nc1c(C)cc(C)cc1Cl. The second-order valence-electron chi connectivity index (χ2n) is 5.26. The summed E-state index contributed by atoms with van der Waals surface area (Å²) in [5, 5.41) is 3.19. The van der Waals surface area contributed by atoms with Crippen molar-refractivity contribution in [1.29, 1.82) is 0 Å². The highest BCUT2D eigenvalue weighted by molar-refractivity contribution is 6.34. The number of aryl methyl sites for hydroxylation is 2. The summed E-state index contributed by atoms with van der Waals surface area (Å²) in [6.45, 7) is 3.54. The van der Waals surface area contributed by atoms with Gasteiger partial charge in [-0.25, -0.2) is 4.79 Å². The zero-order valence-electron chi connectivity index (χ0n) is 13.7. The van der Waals surface area contributed by atoms with Gasteiger partial charge in [-0.05, 0) is 43.2 Å². The van der Waals surface area contributed by atoms with Crippen LogP contribution in [0.3, 0.4) is 0 Å². The van der Waals surface area contributed by atoms with Gasteiger partial charge in [0, 0.05) is 0 Å². The molecule has 2 aromatic carbocycles.